The number of amides is 4. The number of hydrogen-bond acceptors (Lipinski definition) is 3. The third-order valence-electron chi connectivity index (χ3n) is 3.44. The summed E-state index contributed by atoms with van der Waals surface area (Å²) in [6.45, 7) is 1.34. The van der Waals surface area contributed by atoms with Crippen molar-refractivity contribution in [1.29, 1.82) is 0 Å². The van der Waals surface area contributed by atoms with Crippen molar-refractivity contribution >= 4 is 29.4 Å². The molecule has 1 aromatic rings. The van der Waals surface area contributed by atoms with E-state index in [0.717, 1.165) is 32.4 Å². The maximum atomic E-state index is 11.9. The van der Waals surface area contributed by atoms with Crippen LogP contribution in [0.4, 0.5) is 4.79 Å². The number of rotatable bonds is 3. The molecule has 0 spiro atoms. The Kier molecular flexibility index (Phi) is 5.77. The number of imide groups is 1. The van der Waals surface area contributed by atoms with E-state index in [9.17, 15) is 14.4 Å². The first-order valence-corrected chi connectivity index (χ1v) is 7.56. The molecule has 1 heterocycles. The molecule has 0 aromatic heterocycles. The quantitative estimate of drug-likeness (QED) is 0.890. The summed E-state index contributed by atoms with van der Waals surface area (Å²) in [5.74, 6) is -0.673. The Hall–Kier alpha value is -2.08. The lowest BCUT2D eigenvalue weighted by atomic mass is 10.1. The van der Waals surface area contributed by atoms with Crippen LogP contribution in [0, 0.1) is 0 Å². The average molecular weight is 324 g/mol. The number of benzene rings is 1. The van der Waals surface area contributed by atoms with Crippen molar-refractivity contribution in [3.8, 4) is 0 Å². The third-order valence-corrected chi connectivity index (χ3v) is 3.69. The van der Waals surface area contributed by atoms with E-state index in [1.807, 2.05) is 0 Å². The van der Waals surface area contributed by atoms with Crippen LogP contribution in [0.3, 0.4) is 0 Å². The zero-order valence-corrected chi connectivity index (χ0v) is 12.9. The smallest absolute Gasteiger partial charge is 0.322 e. The van der Waals surface area contributed by atoms with Crippen molar-refractivity contribution in [2.75, 3.05) is 19.6 Å². The van der Waals surface area contributed by atoms with Gasteiger partial charge in [0.15, 0.2) is 0 Å². The Morgan fingerprint density at radius 3 is 2.32 bits per heavy atom. The molecule has 7 heteroatoms. The minimum absolute atomic E-state index is 0.111. The topological polar surface area (TPSA) is 78.5 Å². The molecule has 0 radical (unpaired) electrons. The Labute approximate surface area is 133 Å². The first-order valence-electron chi connectivity index (χ1n) is 7.19. The number of piperidine rings is 1. The van der Waals surface area contributed by atoms with E-state index < -0.39 is 11.9 Å². The highest BCUT2D eigenvalue weighted by Crippen LogP contribution is 2.09. The predicted octanol–water partition coefficient (Wildman–Crippen LogP) is 1.79. The maximum Gasteiger partial charge on any atom is 0.322 e. The van der Waals surface area contributed by atoms with Gasteiger partial charge in [-0.15, -0.1) is 0 Å². The van der Waals surface area contributed by atoms with Gasteiger partial charge in [-0.05, 0) is 43.5 Å². The fourth-order valence-corrected chi connectivity index (χ4v) is 2.36. The van der Waals surface area contributed by atoms with Crippen molar-refractivity contribution < 1.29 is 14.4 Å². The minimum atomic E-state index is -0.690. The molecule has 1 saturated heterocycles. The molecule has 2 N–H and O–H groups in total. The Bertz CT molecular complexity index is 554. The van der Waals surface area contributed by atoms with Gasteiger partial charge in [-0.2, -0.15) is 0 Å². The van der Waals surface area contributed by atoms with Crippen molar-refractivity contribution in [1.82, 2.24) is 15.5 Å². The summed E-state index contributed by atoms with van der Waals surface area (Å²) >= 11 is 5.73. The summed E-state index contributed by atoms with van der Waals surface area (Å²) in [5, 5.41) is 5.08. The molecule has 22 heavy (non-hydrogen) atoms. The molecular weight excluding hydrogens is 306 g/mol. The maximum absolute atomic E-state index is 11.9. The number of carbonyl (C=O) groups is 3. The van der Waals surface area contributed by atoms with Gasteiger partial charge < -0.3 is 10.2 Å². The summed E-state index contributed by atoms with van der Waals surface area (Å²) in [6.07, 6.45) is 3.12. The highest BCUT2D eigenvalue weighted by molar-refractivity contribution is 6.30. The molecule has 0 aliphatic carbocycles. The first-order chi connectivity index (χ1) is 10.6. The monoisotopic (exact) mass is 323 g/mol. The van der Waals surface area contributed by atoms with E-state index in [2.05, 4.69) is 10.6 Å². The van der Waals surface area contributed by atoms with Gasteiger partial charge in [0.2, 0.25) is 5.91 Å². The largest absolute Gasteiger partial charge is 0.341 e. The van der Waals surface area contributed by atoms with Crippen molar-refractivity contribution in [2.45, 2.75) is 19.3 Å². The lowest BCUT2D eigenvalue weighted by molar-refractivity contribution is -0.130. The highest BCUT2D eigenvalue weighted by atomic mass is 35.5. The molecule has 0 bridgehead atoms. The molecule has 4 amide bonds. The molecule has 1 aliphatic rings. The number of halogens is 1. The Morgan fingerprint density at radius 2 is 1.68 bits per heavy atom. The van der Waals surface area contributed by atoms with Crippen molar-refractivity contribution in [3.63, 3.8) is 0 Å². The number of nitrogens with one attached hydrogen (secondary N) is 2. The molecular formula is C15H18ClN3O3. The van der Waals surface area contributed by atoms with E-state index in [0.29, 0.717) is 10.6 Å². The molecule has 2 rings (SSSR count). The van der Waals surface area contributed by atoms with Gasteiger partial charge in [0.05, 0.1) is 6.54 Å². The molecule has 0 saturated carbocycles. The van der Waals surface area contributed by atoms with Gasteiger partial charge >= 0.3 is 6.03 Å². The van der Waals surface area contributed by atoms with Gasteiger partial charge in [0.1, 0.15) is 0 Å². The van der Waals surface area contributed by atoms with Crippen LogP contribution in [-0.2, 0) is 4.79 Å². The van der Waals surface area contributed by atoms with Crippen LogP contribution in [0.15, 0.2) is 24.3 Å². The van der Waals surface area contributed by atoms with E-state index in [4.69, 9.17) is 11.6 Å². The van der Waals surface area contributed by atoms with E-state index in [1.165, 1.54) is 12.1 Å². The summed E-state index contributed by atoms with van der Waals surface area (Å²) in [5.41, 5.74) is 0.321. The summed E-state index contributed by atoms with van der Waals surface area (Å²) in [7, 11) is 0. The average Bonchev–Trinajstić information content (AvgIpc) is 2.54. The van der Waals surface area contributed by atoms with Gasteiger partial charge in [-0.25, -0.2) is 4.79 Å². The van der Waals surface area contributed by atoms with Gasteiger partial charge in [0.25, 0.3) is 5.91 Å². The van der Waals surface area contributed by atoms with E-state index in [-0.39, 0.29) is 12.5 Å². The van der Waals surface area contributed by atoms with Crippen LogP contribution in [0.2, 0.25) is 5.02 Å². The highest BCUT2D eigenvalue weighted by Gasteiger charge is 2.17. The van der Waals surface area contributed by atoms with Crippen LogP contribution in [0.25, 0.3) is 0 Å². The van der Waals surface area contributed by atoms with Crippen LogP contribution < -0.4 is 10.6 Å². The standard InChI is InChI=1S/C15H18ClN3O3/c16-12-6-4-11(5-7-12)14(21)18-15(22)17-10-13(20)19-8-2-1-3-9-19/h4-7H,1-3,8-10H2,(H2,17,18,21,22). The number of hydrogen-bond donors (Lipinski definition) is 2. The molecule has 118 valence electrons. The molecule has 1 aliphatic heterocycles. The molecule has 6 nitrogen and oxygen atoms in total. The van der Waals surface area contributed by atoms with Gasteiger partial charge in [-0.1, -0.05) is 11.6 Å². The van der Waals surface area contributed by atoms with Gasteiger partial charge in [-0.3, -0.25) is 14.9 Å². The first kappa shape index (κ1) is 16.3. The SMILES string of the molecule is O=C(NCC(=O)N1CCCCC1)NC(=O)c1ccc(Cl)cc1. The Morgan fingerprint density at radius 1 is 1.05 bits per heavy atom. The fraction of sp³-hybridized carbons (Fsp3) is 0.400. The van der Waals surface area contributed by atoms with Crippen LogP contribution >= 0.6 is 11.6 Å². The van der Waals surface area contributed by atoms with Gasteiger partial charge in [0, 0.05) is 23.7 Å². The molecule has 1 aromatic carbocycles. The van der Waals surface area contributed by atoms with Crippen molar-refractivity contribution in [3.05, 3.63) is 34.9 Å². The fourth-order valence-electron chi connectivity index (χ4n) is 2.23. The lowest BCUT2D eigenvalue weighted by Crippen LogP contribution is -2.46. The van der Waals surface area contributed by atoms with E-state index >= 15 is 0 Å². The number of carbonyl (C=O) groups excluding carboxylic acids is 3. The van der Waals surface area contributed by atoms with Crippen molar-refractivity contribution in [2.24, 2.45) is 0 Å². The molecule has 1 fully saturated rings. The summed E-state index contributed by atoms with van der Waals surface area (Å²) < 4.78 is 0. The molecule has 0 atom stereocenters. The third kappa shape index (κ3) is 4.73. The zero-order valence-electron chi connectivity index (χ0n) is 12.1. The lowest BCUT2D eigenvalue weighted by Gasteiger charge is -2.26. The second kappa shape index (κ2) is 7.79. The van der Waals surface area contributed by atoms with Crippen LogP contribution in [-0.4, -0.2) is 42.4 Å². The minimum Gasteiger partial charge on any atom is -0.341 e. The predicted molar refractivity (Wildman–Crippen MR) is 82.7 cm³/mol. The van der Waals surface area contributed by atoms with Crippen LogP contribution in [0.5, 0.6) is 0 Å². The normalized spacial score (nSPS) is 14.3. The summed E-state index contributed by atoms with van der Waals surface area (Å²) in [4.78, 5) is 37.1. The Balaban J connectivity index is 1.76. The number of urea groups is 1. The van der Waals surface area contributed by atoms with Crippen LogP contribution in [0.1, 0.15) is 29.6 Å². The molecule has 0 unspecified atom stereocenters. The second-order valence-electron chi connectivity index (χ2n) is 5.09. The zero-order chi connectivity index (χ0) is 15.9. The summed E-state index contributed by atoms with van der Waals surface area (Å²) in [6, 6.07) is 5.47. The number of likely N-dealkylation sites (tertiary alicyclic amines) is 1. The second-order valence-corrected chi connectivity index (χ2v) is 5.52. The number of nitrogens with zero attached hydrogens (tertiary/aromatic N) is 1. The van der Waals surface area contributed by atoms with E-state index in [1.54, 1.807) is 17.0 Å².